The smallest absolute Gasteiger partial charge is 0.225 e. The van der Waals surface area contributed by atoms with Crippen LogP contribution in [0.25, 0.3) is 11.1 Å². The van der Waals surface area contributed by atoms with Gasteiger partial charge in [0.15, 0.2) is 0 Å². The molecular weight excluding hydrogens is 372 g/mol. The summed E-state index contributed by atoms with van der Waals surface area (Å²) in [7, 11) is 0. The molecule has 1 aromatic carbocycles. The van der Waals surface area contributed by atoms with E-state index < -0.39 is 0 Å². The number of hydrogen-bond donors (Lipinski definition) is 0. The topological polar surface area (TPSA) is 49.3 Å². The van der Waals surface area contributed by atoms with Crippen molar-refractivity contribution in [1.29, 1.82) is 0 Å². The van der Waals surface area contributed by atoms with E-state index in [1.807, 2.05) is 18.5 Å². The normalized spacial score (nSPS) is 22.7. The Kier molecular flexibility index (Phi) is 6.19. The van der Waals surface area contributed by atoms with Gasteiger partial charge in [0.2, 0.25) is 5.95 Å². The third kappa shape index (κ3) is 4.27. The van der Waals surface area contributed by atoms with E-state index in [1.54, 1.807) is 6.92 Å². The number of nitrogens with zero attached hydrogens (tertiary/aromatic N) is 4. The maximum absolute atomic E-state index is 11.4. The molecular formula is C25H34N4O. The molecule has 0 saturated carbocycles. The molecule has 2 bridgehead atoms. The molecule has 2 aromatic rings. The van der Waals surface area contributed by atoms with Crippen LogP contribution in [0.4, 0.5) is 5.95 Å². The SMILES string of the molecule is CCC(C)N1CC2CCCC(C1)N2c1ncc(-c2ccc(CC(C)=O)cc2C)cn1. The number of likely N-dealkylation sites (tertiary alicyclic amines) is 1. The largest absolute Gasteiger partial charge is 0.332 e. The van der Waals surface area contributed by atoms with Crippen LogP contribution in [0.5, 0.6) is 0 Å². The second kappa shape index (κ2) is 8.84. The molecule has 160 valence electrons. The quantitative estimate of drug-likeness (QED) is 0.710. The maximum Gasteiger partial charge on any atom is 0.225 e. The summed E-state index contributed by atoms with van der Waals surface area (Å²) in [4.78, 5) is 26.2. The minimum absolute atomic E-state index is 0.189. The molecule has 2 saturated heterocycles. The van der Waals surface area contributed by atoms with Crippen molar-refractivity contribution >= 4 is 11.7 Å². The fourth-order valence-electron chi connectivity index (χ4n) is 5.13. The van der Waals surface area contributed by atoms with Crippen molar-refractivity contribution in [3.8, 4) is 11.1 Å². The van der Waals surface area contributed by atoms with Gasteiger partial charge in [-0.1, -0.05) is 25.1 Å². The highest BCUT2D eigenvalue weighted by Crippen LogP contribution is 2.33. The Labute approximate surface area is 180 Å². The molecule has 5 heteroatoms. The Balaban J connectivity index is 1.53. The number of piperazine rings is 1. The van der Waals surface area contributed by atoms with Crippen LogP contribution in [0.3, 0.4) is 0 Å². The summed E-state index contributed by atoms with van der Waals surface area (Å²) >= 11 is 0. The number of aromatic nitrogens is 2. The minimum Gasteiger partial charge on any atom is -0.332 e. The van der Waals surface area contributed by atoms with Gasteiger partial charge in [-0.05, 0) is 63.1 Å². The van der Waals surface area contributed by atoms with E-state index in [0.717, 1.165) is 41.3 Å². The lowest BCUT2D eigenvalue weighted by Crippen LogP contribution is -2.63. The van der Waals surface area contributed by atoms with Crippen LogP contribution in [0.1, 0.15) is 57.6 Å². The molecule has 3 heterocycles. The summed E-state index contributed by atoms with van der Waals surface area (Å²) in [5, 5.41) is 0. The van der Waals surface area contributed by atoms with Crippen molar-refractivity contribution in [1.82, 2.24) is 14.9 Å². The number of aryl methyl sites for hydroxylation is 1. The van der Waals surface area contributed by atoms with E-state index >= 15 is 0 Å². The fourth-order valence-corrected chi connectivity index (χ4v) is 5.13. The van der Waals surface area contributed by atoms with Gasteiger partial charge in [0.25, 0.3) is 0 Å². The molecule has 0 amide bonds. The molecule has 1 aromatic heterocycles. The van der Waals surface area contributed by atoms with Crippen molar-refractivity contribution in [3.63, 3.8) is 0 Å². The first-order chi connectivity index (χ1) is 14.5. The molecule has 0 N–H and O–H groups in total. The van der Waals surface area contributed by atoms with Gasteiger partial charge in [-0.25, -0.2) is 9.97 Å². The highest BCUT2D eigenvalue weighted by atomic mass is 16.1. The third-order valence-corrected chi connectivity index (χ3v) is 6.89. The summed E-state index contributed by atoms with van der Waals surface area (Å²) in [6, 6.07) is 7.91. The Morgan fingerprint density at radius 3 is 2.40 bits per heavy atom. The predicted octanol–water partition coefficient (Wildman–Crippen LogP) is 4.43. The third-order valence-electron chi connectivity index (χ3n) is 6.89. The van der Waals surface area contributed by atoms with E-state index in [1.165, 1.54) is 25.7 Å². The predicted molar refractivity (Wildman–Crippen MR) is 122 cm³/mol. The van der Waals surface area contributed by atoms with Gasteiger partial charge < -0.3 is 4.90 Å². The molecule has 3 unspecified atom stereocenters. The molecule has 0 aliphatic carbocycles. The highest BCUT2D eigenvalue weighted by Gasteiger charge is 2.39. The molecule has 2 aliphatic heterocycles. The van der Waals surface area contributed by atoms with Crippen LogP contribution in [0.2, 0.25) is 0 Å². The van der Waals surface area contributed by atoms with Gasteiger partial charge in [0, 0.05) is 55.6 Å². The van der Waals surface area contributed by atoms with Crippen molar-refractivity contribution in [2.75, 3.05) is 18.0 Å². The molecule has 0 radical (unpaired) electrons. The number of carbonyl (C=O) groups is 1. The zero-order valence-electron chi connectivity index (χ0n) is 18.8. The Bertz CT molecular complexity index is 881. The number of ketones is 1. The zero-order valence-corrected chi connectivity index (χ0v) is 18.8. The van der Waals surface area contributed by atoms with Crippen LogP contribution in [0.15, 0.2) is 30.6 Å². The standard InChI is InChI=1S/C25H34N4O/c1-5-18(3)28-15-22-7-6-8-23(16-28)29(22)25-26-13-21(14-27-25)24-10-9-20(11-17(24)2)12-19(4)30/h9-11,13-14,18,22-23H,5-8,12,15-16H2,1-4H3. The van der Waals surface area contributed by atoms with Crippen LogP contribution in [0, 0.1) is 6.92 Å². The number of fused-ring (bicyclic) bond motifs is 2. The first kappa shape index (κ1) is 21.0. The summed E-state index contributed by atoms with van der Waals surface area (Å²) in [6.45, 7) is 10.6. The molecule has 30 heavy (non-hydrogen) atoms. The molecule has 5 nitrogen and oxygen atoms in total. The van der Waals surface area contributed by atoms with Gasteiger partial charge in [-0.15, -0.1) is 0 Å². The lowest BCUT2D eigenvalue weighted by atomic mass is 9.90. The number of benzene rings is 1. The average molecular weight is 407 g/mol. The molecule has 2 aliphatic rings. The van der Waals surface area contributed by atoms with E-state index in [2.05, 4.69) is 42.7 Å². The average Bonchev–Trinajstić information content (AvgIpc) is 2.72. The summed E-state index contributed by atoms with van der Waals surface area (Å²) in [6.07, 6.45) is 9.38. The van der Waals surface area contributed by atoms with Crippen LogP contribution < -0.4 is 4.90 Å². The second-order valence-electron chi connectivity index (χ2n) is 9.16. The maximum atomic E-state index is 11.4. The molecule has 4 rings (SSSR count). The summed E-state index contributed by atoms with van der Waals surface area (Å²) in [5.41, 5.74) is 4.39. The number of carbonyl (C=O) groups excluding carboxylic acids is 1. The molecule has 2 fully saturated rings. The van der Waals surface area contributed by atoms with Crippen molar-refractivity contribution in [2.45, 2.75) is 77.9 Å². The van der Waals surface area contributed by atoms with Gasteiger partial charge in [-0.2, -0.15) is 0 Å². The van der Waals surface area contributed by atoms with E-state index in [0.29, 0.717) is 24.5 Å². The van der Waals surface area contributed by atoms with Gasteiger partial charge in [-0.3, -0.25) is 9.69 Å². The van der Waals surface area contributed by atoms with E-state index in [4.69, 9.17) is 9.97 Å². The van der Waals surface area contributed by atoms with Gasteiger partial charge in [0.05, 0.1) is 0 Å². The Hall–Kier alpha value is -2.27. The first-order valence-corrected chi connectivity index (χ1v) is 11.4. The van der Waals surface area contributed by atoms with Crippen molar-refractivity contribution in [3.05, 3.63) is 41.7 Å². The lowest BCUT2D eigenvalue weighted by molar-refractivity contribution is -0.116. The number of piperidine rings is 1. The first-order valence-electron chi connectivity index (χ1n) is 11.4. The monoisotopic (exact) mass is 406 g/mol. The number of anilines is 1. The fraction of sp³-hybridized carbons (Fsp3) is 0.560. The van der Waals surface area contributed by atoms with Crippen LogP contribution in [-0.2, 0) is 11.2 Å². The number of rotatable bonds is 6. The zero-order chi connectivity index (χ0) is 21.3. The summed E-state index contributed by atoms with van der Waals surface area (Å²) in [5.74, 6) is 1.07. The molecule has 0 spiro atoms. The Morgan fingerprint density at radius 1 is 1.17 bits per heavy atom. The second-order valence-corrected chi connectivity index (χ2v) is 9.16. The Morgan fingerprint density at radius 2 is 1.83 bits per heavy atom. The van der Waals surface area contributed by atoms with Crippen LogP contribution >= 0.6 is 0 Å². The number of hydrogen-bond acceptors (Lipinski definition) is 5. The minimum atomic E-state index is 0.189. The molecule has 3 atom stereocenters. The van der Waals surface area contributed by atoms with Gasteiger partial charge >= 0.3 is 0 Å². The summed E-state index contributed by atoms with van der Waals surface area (Å²) < 4.78 is 0. The van der Waals surface area contributed by atoms with Crippen molar-refractivity contribution in [2.24, 2.45) is 0 Å². The van der Waals surface area contributed by atoms with Crippen LogP contribution in [-0.4, -0.2) is 51.9 Å². The van der Waals surface area contributed by atoms with E-state index in [9.17, 15) is 4.79 Å². The van der Waals surface area contributed by atoms with Crippen molar-refractivity contribution < 1.29 is 4.79 Å². The number of Topliss-reactive ketones (excluding diaryl/α,β-unsaturated/α-hetero) is 1. The lowest BCUT2D eigenvalue weighted by Gasteiger charge is -2.51. The van der Waals surface area contributed by atoms with Gasteiger partial charge in [0.1, 0.15) is 5.78 Å². The highest BCUT2D eigenvalue weighted by molar-refractivity contribution is 5.78. The van der Waals surface area contributed by atoms with E-state index in [-0.39, 0.29) is 5.78 Å².